The van der Waals surface area contributed by atoms with Crippen molar-refractivity contribution in [2.45, 2.75) is 38.3 Å². The molecule has 0 aliphatic heterocycles. The van der Waals surface area contributed by atoms with Gasteiger partial charge in [-0.25, -0.2) is 0 Å². The second-order valence-corrected chi connectivity index (χ2v) is 6.08. The summed E-state index contributed by atoms with van der Waals surface area (Å²) in [6.45, 7) is 1.94. The predicted molar refractivity (Wildman–Crippen MR) is 80.6 cm³/mol. The van der Waals surface area contributed by atoms with E-state index >= 15 is 0 Å². The third-order valence-electron chi connectivity index (χ3n) is 3.85. The molecule has 3 atom stereocenters. The maximum atomic E-state index is 12.1. The molecule has 1 aliphatic carbocycles. The Kier molecular flexibility index (Phi) is 5.05. The summed E-state index contributed by atoms with van der Waals surface area (Å²) in [5.41, 5.74) is 0.999. The van der Waals surface area contributed by atoms with E-state index in [9.17, 15) is 9.90 Å². The molecule has 0 saturated heterocycles. The van der Waals surface area contributed by atoms with E-state index in [1.807, 2.05) is 25.1 Å². The highest BCUT2D eigenvalue weighted by Crippen LogP contribution is 2.29. The van der Waals surface area contributed by atoms with E-state index in [1.165, 1.54) is 0 Å². The van der Waals surface area contributed by atoms with Crippen LogP contribution in [0.4, 0.5) is 0 Å². The first-order valence-electron chi connectivity index (χ1n) is 6.84. The van der Waals surface area contributed by atoms with Gasteiger partial charge in [0.2, 0.25) is 5.91 Å². The standard InChI is InChI=1S/C15H20BrNO3/c1-9(10-6-7-14(20-2)12(16)8-10)17-15(19)11-4-3-5-13(11)18/h6-9,11,13,18H,3-5H2,1-2H3,(H,17,19). The van der Waals surface area contributed by atoms with Gasteiger partial charge in [-0.3, -0.25) is 4.79 Å². The number of amides is 1. The van der Waals surface area contributed by atoms with Gasteiger partial charge < -0.3 is 15.2 Å². The van der Waals surface area contributed by atoms with Crippen molar-refractivity contribution in [3.63, 3.8) is 0 Å². The Balaban J connectivity index is 2.02. The van der Waals surface area contributed by atoms with Crippen molar-refractivity contribution in [3.8, 4) is 5.75 Å². The molecule has 20 heavy (non-hydrogen) atoms. The molecule has 3 unspecified atom stereocenters. The summed E-state index contributed by atoms with van der Waals surface area (Å²) in [7, 11) is 1.62. The van der Waals surface area contributed by atoms with Crippen LogP contribution in [0.25, 0.3) is 0 Å². The van der Waals surface area contributed by atoms with Crippen molar-refractivity contribution in [3.05, 3.63) is 28.2 Å². The molecule has 1 aromatic carbocycles. The van der Waals surface area contributed by atoms with Gasteiger partial charge in [0.05, 0.1) is 29.6 Å². The minimum atomic E-state index is -0.496. The van der Waals surface area contributed by atoms with Crippen LogP contribution in [0.5, 0.6) is 5.75 Å². The first-order chi connectivity index (χ1) is 9.52. The van der Waals surface area contributed by atoms with Gasteiger partial charge in [-0.1, -0.05) is 6.07 Å². The molecular weight excluding hydrogens is 322 g/mol. The molecule has 1 fully saturated rings. The normalized spacial score (nSPS) is 23.4. The van der Waals surface area contributed by atoms with Crippen LogP contribution < -0.4 is 10.1 Å². The molecule has 2 N–H and O–H groups in total. The summed E-state index contributed by atoms with van der Waals surface area (Å²) in [6, 6.07) is 5.64. The molecule has 0 radical (unpaired) electrons. The lowest BCUT2D eigenvalue weighted by molar-refractivity contribution is -0.128. The van der Waals surface area contributed by atoms with E-state index in [2.05, 4.69) is 21.2 Å². The molecular formula is C15H20BrNO3. The van der Waals surface area contributed by atoms with Gasteiger partial charge in [0, 0.05) is 0 Å². The van der Waals surface area contributed by atoms with E-state index in [1.54, 1.807) is 7.11 Å². The minimum absolute atomic E-state index is 0.0607. The van der Waals surface area contributed by atoms with E-state index in [-0.39, 0.29) is 17.9 Å². The number of carbonyl (C=O) groups excluding carboxylic acids is 1. The monoisotopic (exact) mass is 341 g/mol. The summed E-state index contributed by atoms with van der Waals surface area (Å²) in [5.74, 6) is 0.437. The molecule has 0 spiro atoms. The quantitative estimate of drug-likeness (QED) is 0.885. The number of ether oxygens (including phenoxy) is 1. The minimum Gasteiger partial charge on any atom is -0.496 e. The van der Waals surface area contributed by atoms with Crippen molar-refractivity contribution in [1.29, 1.82) is 0 Å². The Morgan fingerprint density at radius 2 is 2.25 bits per heavy atom. The van der Waals surface area contributed by atoms with Gasteiger partial charge in [-0.05, 0) is 59.8 Å². The van der Waals surface area contributed by atoms with Crippen molar-refractivity contribution in [2.24, 2.45) is 5.92 Å². The highest BCUT2D eigenvalue weighted by molar-refractivity contribution is 9.10. The fourth-order valence-electron chi connectivity index (χ4n) is 2.60. The Bertz CT molecular complexity index is 492. The number of aliphatic hydroxyl groups excluding tert-OH is 1. The summed E-state index contributed by atoms with van der Waals surface area (Å²) >= 11 is 3.44. The smallest absolute Gasteiger partial charge is 0.226 e. The topological polar surface area (TPSA) is 58.6 Å². The predicted octanol–water partition coefficient (Wildman–Crippen LogP) is 2.80. The number of nitrogens with one attached hydrogen (secondary N) is 1. The lowest BCUT2D eigenvalue weighted by atomic mass is 10.0. The average Bonchev–Trinajstić information content (AvgIpc) is 2.84. The fraction of sp³-hybridized carbons (Fsp3) is 0.533. The van der Waals surface area contributed by atoms with Crippen LogP contribution in [0.3, 0.4) is 0 Å². The molecule has 0 bridgehead atoms. The number of methoxy groups -OCH3 is 1. The second kappa shape index (κ2) is 6.59. The summed E-state index contributed by atoms with van der Waals surface area (Å²) in [5, 5.41) is 12.7. The van der Waals surface area contributed by atoms with Gasteiger partial charge in [0.1, 0.15) is 5.75 Å². The van der Waals surface area contributed by atoms with Crippen LogP contribution in [-0.2, 0) is 4.79 Å². The van der Waals surface area contributed by atoms with Crippen LogP contribution >= 0.6 is 15.9 Å². The second-order valence-electron chi connectivity index (χ2n) is 5.23. The number of halogens is 1. The SMILES string of the molecule is COc1ccc(C(C)NC(=O)C2CCCC2O)cc1Br. The van der Waals surface area contributed by atoms with Gasteiger partial charge in [0.15, 0.2) is 0 Å². The van der Waals surface area contributed by atoms with Crippen LogP contribution in [0.1, 0.15) is 37.8 Å². The van der Waals surface area contributed by atoms with Crippen LogP contribution in [0.15, 0.2) is 22.7 Å². The Morgan fingerprint density at radius 1 is 1.50 bits per heavy atom. The number of benzene rings is 1. The van der Waals surface area contributed by atoms with Gasteiger partial charge in [-0.15, -0.1) is 0 Å². The third kappa shape index (κ3) is 3.33. The summed E-state index contributed by atoms with van der Waals surface area (Å²) < 4.78 is 6.05. The first-order valence-corrected chi connectivity index (χ1v) is 7.64. The van der Waals surface area contributed by atoms with Crippen LogP contribution in [0.2, 0.25) is 0 Å². The molecule has 0 aromatic heterocycles. The molecule has 1 amide bonds. The third-order valence-corrected chi connectivity index (χ3v) is 4.47. The molecule has 5 heteroatoms. The van der Waals surface area contributed by atoms with Crippen LogP contribution in [-0.4, -0.2) is 24.2 Å². The average molecular weight is 342 g/mol. The number of hydrogen-bond acceptors (Lipinski definition) is 3. The maximum absolute atomic E-state index is 12.1. The van der Waals surface area contributed by atoms with E-state index in [0.29, 0.717) is 0 Å². The lowest BCUT2D eigenvalue weighted by Crippen LogP contribution is -2.36. The largest absolute Gasteiger partial charge is 0.496 e. The van der Waals surface area contributed by atoms with Gasteiger partial charge in [0.25, 0.3) is 0 Å². The first kappa shape index (κ1) is 15.3. The van der Waals surface area contributed by atoms with Crippen molar-refractivity contribution >= 4 is 21.8 Å². The molecule has 0 heterocycles. The zero-order chi connectivity index (χ0) is 14.7. The maximum Gasteiger partial charge on any atom is 0.226 e. The van der Waals surface area contributed by atoms with E-state index in [4.69, 9.17) is 4.74 Å². The highest BCUT2D eigenvalue weighted by atomic mass is 79.9. The Hall–Kier alpha value is -1.07. The number of hydrogen-bond donors (Lipinski definition) is 2. The highest BCUT2D eigenvalue weighted by Gasteiger charge is 2.32. The summed E-state index contributed by atoms with van der Waals surface area (Å²) in [6.07, 6.45) is 1.92. The zero-order valence-electron chi connectivity index (χ0n) is 11.7. The fourth-order valence-corrected chi connectivity index (χ4v) is 3.16. The van der Waals surface area contributed by atoms with Crippen LogP contribution in [0, 0.1) is 5.92 Å². The molecule has 1 saturated carbocycles. The zero-order valence-corrected chi connectivity index (χ0v) is 13.3. The van der Waals surface area contributed by atoms with Crippen molar-refractivity contribution in [1.82, 2.24) is 5.32 Å². The van der Waals surface area contributed by atoms with Crippen molar-refractivity contribution in [2.75, 3.05) is 7.11 Å². The molecule has 110 valence electrons. The molecule has 1 aliphatic rings. The number of rotatable bonds is 4. The molecule has 1 aromatic rings. The van der Waals surface area contributed by atoms with Gasteiger partial charge >= 0.3 is 0 Å². The molecule has 4 nitrogen and oxygen atoms in total. The Morgan fingerprint density at radius 3 is 2.80 bits per heavy atom. The number of carbonyl (C=O) groups is 1. The summed E-state index contributed by atoms with van der Waals surface area (Å²) in [4.78, 5) is 12.1. The Labute approximate surface area is 127 Å². The number of aliphatic hydroxyl groups is 1. The van der Waals surface area contributed by atoms with Gasteiger partial charge in [-0.2, -0.15) is 0 Å². The van der Waals surface area contributed by atoms with E-state index in [0.717, 1.165) is 35.0 Å². The lowest BCUT2D eigenvalue weighted by Gasteiger charge is -2.20. The molecule has 2 rings (SSSR count). The van der Waals surface area contributed by atoms with Crippen molar-refractivity contribution < 1.29 is 14.6 Å². The van der Waals surface area contributed by atoms with E-state index < -0.39 is 6.10 Å².